The van der Waals surface area contributed by atoms with Gasteiger partial charge in [0.2, 0.25) is 0 Å². The van der Waals surface area contributed by atoms with Gasteiger partial charge in [0.25, 0.3) is 11.8 Å². The lowest BCUT2D eigenvalue weighted by Gasteiger charge is -2.07. The highest BCUT2D eigenvalue weighted by Crippen LogP contribution is 2.05. The summed E-state index contributed by atoms with van der Waals surface area (Å²) in [6.45, 7) is 1.63. The van der Waals surface area contributed by atoms with E-state index < -0.39 is 11.8 Å². The van der Waals surface area contributed by atoms with Crippen molar-refractivity contribution in [3.63, 3.8) is 0 Å². The highest BCUT2D eigenvalue weighted by Gasteiger charge is 2.11. The fourth-order valence-corrected chi connectivity index (χ4v) is 1.55. The first kappa shape index (κ1) is 14.1. The Bertz CT molecular complexity index is 722. The third-order valence-corrected chi connectivity index (χ3v) is 2.65. The van der Waals surface area contributed by atoms with Crippen LogP contribution in [-0.4, -0.2) is 21.8 Å². The summed E-state index contributed by atoms with van der Waals surface area (Å²) in [5, 5.41) is 8.80. The molecule has 0 unspecified atom stereocenters. The fraction of sp³-hybridized carbons (Fsp3) is 0.0714. The molecule has 2 N–H and O–H groups in total. The molecule has 0 aliphatic carbocycles. The van der Waals surface area contributed by atoms with Crippen LogP contribution in [0.1, 0.15) is 32.1 Å². The number of carbonyl (C=O) groups is 2. The third kappa shape index (κ3) is 3.39. The standard InChI is InChI=1S/C14H11N5O2/c1-9-10(7-15)4-5-12(17-9)14(21)19-18-13(20)11-3-2-6-16-8-11/h2-6,8H,1H3,(H,18,20)(H,19,21). The van der Waals surface area contributed by atoms with Gasteiger partial charge in [-0.25, -0.2) is 4.98 Å². The van der Waals surface area contributed by atoms with Gasteiger partial charge < -0.3 is 0 Å². The highest BCUT2D eigenvalue weighted by molar-refractivity contribution is 5.98. The molecule has 7 heteroatoms. The number of aryl methyl sites for hydroxylation is 1. The van der Waals surface area contributed by atoms with Crippen LogP contribution in [0.4, 0.5) is 0 Å². The van der Waals surface area contributed by atoms with Gasteiger partial charge in [0, 0.05) is 12.4 Å². The molecule has 0 saturated heterocycles. The lowest BCUT2D eigenvalue weighted by Crippen LogP contribution is -2.42. The lowest BCUT2D eigenvalue weighted by atomic mass is 10.2. The molecular weight excluding hydrogens is 270 g/mol. The molecule has 2 aromatic heterocycles. The van der Waals surface area contributed by atoms with Gasteiger partial charge in [0.05, 0.1) is 16.8 Å². The van der Waals surface area contributed by atoms with Gasteiger partial charge in [0.1, 0.15) is 11.8 Å². The molecule has 2 rings (SSSR count). The Balaban J connectivity index is 2.01. The largest absolute Gasteiger partial charge is 0.288 e. The molecule has 2 heterocycles. The molecule has 2 amide bonds. The first-order valence-corrected chi connectivity index (χ1v) is 6.00. The van der Waals surface area contributed by atoms with E-state index in [-0.39, 0.29) is 5.69 Å². The van der Waals surface area contributed by atoms with Gasteiger partial charge in [0.15, 0.2) is 0 Å². The summed E-state index contributed by atoms with van der Waals surface area (Å²) in [5.74, 6) is -1.05. The zero-order valence-corrected chi connectivity index (χ0v) is 11.1. The number of nitrogens with zero attached hydrogens (tertiary/aromatic N) is 3. The van der Waals surface area contributed by atoms with Crippen LogP contribution < -0.4 is 10.9 Å². The molecule has 0 aromatic carbocycles. The van der Waals surface area contributed by atoms with E-state index in [0.717, 1.165) is 0 Å². The van der Waals surface area contributed by atoms with E-state index in [2.05, 4.69) is 20.8 Å². The van der Waals surface area contributed by atoms with Gasteiger partial charge in [-0.1, -0.05) is 0 Å². The molecule has 0 saturated carbocycles. The Morgan fingerprint density at radius 2 is 1.95 bits per heavy atom. The zero-order valence-electron chi connectivity index (χ0n) is 11.1. The van der Waals surface area contributed by atoms with E-state index >= 15 is 0 Å². The van der Waals surface area contributed by atoms with E-state index in [4.69, 9.17) is 5.26 Å². The normalized spacial score (nSPS) is 9.52. The minimum atomic E-state index is -0.570. The average Bonchev–Trinajstić information content (AvgIpc) is 2.53. The quantitative estimate of drug-likeness (QED) is 0.789. The van der Waals surface area contributed by atoms with Crippen molar-refractivity contribution in [1.82, 2.24) is 20.8 Å². The molecule has 7 nitrogen and oxygen atoms in total. The van der Waals surface area contributed by atoms with E-state index in [9.17, 15) is 9.59 Å². The second kappa shape index (κ2) is 6.25. The van der Waals surface area contributed by atoms with Crippen molar-refractivity contribution in [2.24, 2.45) is 0 Å². The SMILES string of the molecule is Cc1nc(C(=O)NNC(=O)c2cccnc2)ccc1C#N. The number of carbonyl (C=O) groups excluding carboxylic acids is 2. The zero-order chi connectivity index (χ0) is 15.2. The summed E-state index contributed by atoms with van der Waals surface area (Å²) in [5.41, 5.74) is 5.78. The molecule has 0 fully saturated rings. The molecule has 0 radical (unpaired) electrons. The first-order chi connectivity index (χ1) is 10.1. The van der Waals surface area contributed by atoms with Crippen molar-refractivity contribution in [3.8, 4) is 6.07 Å². The second-order valence-electron chi connectivity index (χ2n) is 4.09. The number of aromatic nitrogens is 2. The van der Waals surface area contributed by atoms with Crippen molar-refractivity contribution in [1.29, 1.82) is 5.26 Å². The Kier molecular flexibility index (Phi) is 4.21. The molecule has 2 aromatic rings. The number of nitriles is 1. The molecule has 21 heavy (non-hydrogen) atoms. The number of hydrogen-bond donors (Lipinski definition) is 2. The minimum Gasteiger partial charge on any atom is -0.267 e. The van der Waals surface area contributed by atoms with Crippen LogP contribution in [0.2, 0.25) is 0 Å². The maximum absolute atomic E-state index is 11.8. The number of nitrogens with one attached hydrogen (secondary N) is 2. The van der Waals surface area contributed by atoms with E-state index in [0.29, 0.717) is 16.8 Å². The Labute approximate surface area is 120 Å². The molecular formula is C14H11N5O2. The predicted octanol–water partition coefficient (Wildman–Crippen LogP) is 0.731. The summed E-state index contributed by atoms with van der Waals surface area (Å²) in [6.07, 6.45) is 2.92. The predicted molar refractivity (Wildman–Crippen MR) is 72.9 cm³/mol. The molecule has 0 atom stereocenters. The summed E-state index contributed by atoms with van der Waals surface area (Å²) in [7, 11) is 0. The van der Waals surface area contributed by atoms with E-state index in [1.807, 2.05) is 6.07 Å². The van der Waals surface area contributed by atoms with E-state index in [1.54, 1.807) is 25.3 Å². The van der Waals surface area contributed by atoms with Crippen LogP contribution in [0.25, 0.3) is 0 Å². The Morgan fingerprint density at radius 3 is 2.57 bits per heavy atom. The first-order valence-electron chi connectivity index (χ1n) is 6.00. The van der Waals surface area contributed by atoms with Crippen molar-refractivity contribution in [2.75, 3.05) is 0 Å². The summed E-state index contributed by atoms with van der Waals surface area (Å²) in [6, 6.07) is 8.06. The number of rotatable bonds is 2. The van der Waals surface area contributed by atoms with Crippen LogP contribution in [0.3, 0.4) is 0 Å². The average molecular weight is 281 g/mol. The number of hydrazine groups is 1. The maximum atomic E-state index is 11.8. The number of hydrogen-bond acceptors (Lipinski definition) is 5. The summed E-state index contributed by atoms with van der Waals surface area (Å²) < 4.78 is 0. The van der Waals surface area contributed by atoms with Crippen LogP contribution in [0.15, 0.2) is 36.7 Å². The molecule has 0 bridgehead atoms. The second-order valence-corrected chi connectivity index (χ2v) is 4.09. The van der Waals surface area contributed by atoms with Crippen molar-refractivity contribution >= 4 is 11.8 Å². The van der Waals surface area contributed by atoms with Crippen molar-refractivity contribution in [3.05, 3.63) is 59.2 Å². The van der Waals surface area contributed by atoms with Crippen molar-refractivity contribution in [2.45, 2.75) is 6.92 Å². The fourth-order valence-electron chi connectivity index (χ4n) is 1.55. The smallest absolute Gasteiger partial charge is 0.267 e. The minimum absolute atomic E-state index is 0.109. The van der Waals surface area contributed by atoms with Gasteiger partial charge in [-0.2, -0.15) is 5.26 Å². The van der Waals surface area contributed by atoms with Gasteiger partial charge in [-0.3, -0.25) is 25.4 Å². The molecule has 0 aliphatic rings. The van der Waals surface area contributed by atoms with Gasteiger partial charge in [-0.15, -0.1) is 0 Å². The Morgan fingerprint density at radius 1 is 1.19 bits per heavy atom. The lowest BCUT2D eigenvalue weighted by molar-refractivity contribution is 0.0843. The van der Waals surface area contributed by atoms with Gasteiger partial charge >= 0.3 is 0 Å². The Hall–Kier alpha value is -3.27. The monoisotopic (exact) mass is 281 g/mol. The van der Waals surface area contributed by atoms with E-state index in [1.165, 1.54) is 18.3 Å². The third-order valence-electron chi connectivity index (χ3n) is 2.65. The van der Waals surface area contributed by atoms with Crippen LogP contribution >= 0.6 is 0 Å². The molecule has 0 spiro atoms. The number of amides is 2. The molecule has 0 aliphatic heterocycles. The highest BCUT2D eigenvalue weighted by atomic mass is 16.2. The van der Waals surface area contributed by atoms with Crippen LogP contribution in [-0.2, 0) is 0 Å². The number of pyridine rings is 2. The van der Waals surface area contributed by atoms with Crippen molar-refractivity contribution < 1.29 is 9.59 Å². The summed E-state index contributed by atoms with van der Waals surface area (Å²) in [4.78, 5) is 31.4. The maximum Gasteiger partial charge on any atom is 0.288 e. The van der Waals surface area contributed by atoms with Gasteiger partial charge in [-0.05, 0) is 31.2 Å². The summed E-state index contributed by atoms with van der Waals surface area (Å²) >= 11 is 0. The van der Waals surface area contributed by atoms with Crippen LogP contribution in [0, 0.1) is 18.3 Å². The molecule has 104 valence electrons. The van der Waals surface area contributed by atoms with Crippen LogP contribution in [0.5, 0.6) is 0 Å². The topological polar surface area (TPSA) is 108 Å².